The molecule has 0 spiro atoms. The minimum atomic E-state index is -0.283. The van der Waals surface area contributed by atoms with E-state index in [0.29, 0.717) is 19.8 Å². The van der Waals surface area contributed by atoms with Gasteiger partial charge in [0.25, 0.3) is 0 Å². The fourth-order valence-corrected chi connectivity index (χ4v) is 5.06. The zero-order valence-corrected chi connectivity index (χ0v) is 22.5. The van der Waals surface area contributed by atoms with Crippen LogP contribution in [0.3, 0.4) is 0 Å². The number of rotatable bonds is 15. The zero-order valence-electron chi connectivity index (χ0n) is 22.5. The van der Waals surface area contributed by atoms with Crippen molar-refractivity contribution in [1.29, 1.82) is 0 Å². The Hall–Kier alpha value is -2.54. The molecule has 0 radical (unpaired) electrons. The van der Waals surface area contributed by atoms with E-state index in [2.05, 4.69) is 43.3 Å². The van der Waals surface area contributed by atoms with Gasteiger partial charge in [0.15, 0.2) is 0 Å². The molecule has 0 unspecified atom stereocenters. The average Bonchev–Trinajstić information content (AvgIpc) is 2.96. The van der Waals surface area contributed by atoms with E-state index in [0.717, 1.165) is 48.8 Å². The molecule has 204 valence electrons. The van der Waals surface area contributed by atoms with E-state index in [1.165, 1.54) is 0 Å². The lowest BCUT2D eigenvalue weighted by molar-refractivity contribution is -0.262. The first-order valence-corrected chi connectivity index (χ1v) is 14.0. The van der Waals surface area contributed by atoms with Crippen LogP contribution in [0.15, 0.2) is 91.0 Å². The van der Waals surface area contributed by atoms with Gasteiger partial charge in [0.2, 0.25) is 0 Å². The maximum atomic E-state index is 9.14. The molecule has 5 nitrogen and oxygen atoms in total. The van der Waals surface area contributed by atoms with Crippen LogP contribution in [-0.4, -0.2) is 42.2 Å². The van der Waals surface area contributed by atoms with E-state index in [1.807, 2.05) is 54.6 Å². The lowest BCUT2D eigenvalue weighted by Crippen LogP contribution is -2.59. The first-order valence-electron chi connectivity index (χ1n) is 14.0. The van der Waals surface area contributed by atoms with Crippen LogP contribution in [0.1, 0.15) is 55.7 Å². The van der Waals surface area contributed by atoms with Crippen molar-refractivity contribution in [3.8, 4) is 0 Å². The van der Waals surface area contributed by atoms with Gasteiger partial charge in [-0.25, -0.2) is 0 Å². The van der Waals surface area contributed by atoms with E-state index in [1.54, 1.807) is 0 Å². The lowest BCUT2D eigenvalue weighted by atomic mass is 9.91. The predicted molar refractivity (Wildman–Crippen MR) is 150 cm³/mol. The highest BCUT2D eigenvalue weighted by Gasteiger charge is 2.46. The average molecular weight is 519 g/mol. The lowest BCUT2D eigenvalue weighted by Gasteiger charge is -2.45. The van der Waals surface area contributed by atoms with Crippen LogP contribution in [0, 0.1) is 0 Å². The molecule has 0 aromatic heterocycles. The summed E-state index contributed by atoms with van der Waals surface area (Å²) in [5.41, 5.74) is 3.36. The number of aliphatic hydroxyl groups excluding tert-OH is 1. The molecule has 0 bridgehead atoms. The number of hydrogen-bond donors (Lipinski definition) is 1. The first-order chi connectivity index (χ1) is 18.7. The van der Waals surface area contributed by atoms with Crippen LogP contribution >= 0.6 is 0 Å². The Morgan fingerprint density at radius 2 is 1.03 bits per heavy atom. The Morgan fingerprint density at radius 3 is 1.53 bits per heavy atom. The second-order valence-electron chi connectivity index (χ2n) is 10.1. The summed E-state index contributed by atoms with van der Waals surface area (Å²) in [4.78, 5) is 0. The highest BCUT2D eigenvalue weighted by atomic mass is 16.6. The monoisotopic (exact) mass is 518 g/mol. The maximum Gasteiger partial charge on any atom is 0.115 e. The summed E-state index contributed by atoms with van der Waals surface area (Å²) < 4.78 is 26.4. The topological polar surface area (TPSA) is 57.2 Å². The maximum absolute atomic E-state index is 9.14. The van der Waals surface area contributed by atoms with E-state index in [9.17, 15) is 0 Å². The van der Waals surface area contributed by atoms with Gasteiger partial charge in [0.1, 0.15) is 18.3 Å². The molecule has 1 heterocycles. The molecule has 0 saturated carbocycles. The molecule has 5 atom stereocenters. The van der Waals surface area contributed by atoms with E-state index >= 15 is 0 Å². The summed E-state index contributed by atoms with van der Waals surface area (Å²) in [7, 11) is 0. The summed E-state index contributed by atoms with van der Waals surface area (Å²) in [6.45, 7) is 3.79. The Balaban J connectivity index is 1.53. The van der Waals surface area contributed by atoms with Gasteiger partial charge in [-0.15, -0.1) is 0 Å². The van der Waals surface area contributed by atoms with Gasteiger partial charge in [0.05, 0.1) is 32.0 Å². The van der Waals surface area contributed by atoms with E-state index in [4.69, 9.17) is 24.1 Å². The van der Waals surface area contributed by atoms with Gasteiger partial charge in [-0.2, -0.15) is 0 Å². The predicted octanol–water partition coefficient (Wildman–Crippen LogP) is 6.47. The van der Waals surface area contributed by atoms with Crippen molar-refractivity contribution in [2.24, 2.45) is 0 Å². The molecule has 1 aliphatic rings. The van der Waals surface area contributed by atoms with Crippen molar-refractivity contribution in [1.82, 2.24) is 0 Å². The third kappa shape index (κ3) is 8.75. The van der Waals surface area contributed by atoms with Gasteiger partial charge < -0.3 is 24.1 Å². The number of hydrogen-bond acceptors (Lipinski definition) is 5. The fraction of sp³-hybridized carbons (Fsp3) is 0.455. The highest BCUT2D eigenvalue weighted by molar-refractivity contribution is 5.15. The van der Waals surface area contributed by atoms with Crippen molar-refractivity contribution < 1.29 is 24.1 Å². The molecule has 5 heteroatoms. The number of benzene rings is 3. The molecule has 3 aromatic rings. The molecule has 0 amide bonds. The van der Waals surface area contributed by atoms with Gasteiger partial charge in [-0.3, -0.25) is 0 Å². The molecule has 38 heavy (non-hydrogen) atoms. The molecule has 1 saturated heterocycles. The smallest absolute Gasteiger partial charge is 0.115 e. The van der Waals surface area contributed by atoms with Crippen LogP contribution in [0.5, 0.6) is 0 Å². The SMILES string of the molecule is C[C@@H]1O[C@@H](CCCCCCO)[C@@H](OCc2ccccc2)[C@H](OCc2ccccc2)[C@@H]1OCc1ccccc1. The molecule has 1 N–H and O–H groups in total. The summed E-state index contributed by atoms with van der Waals surface area (Å²) in [6, 6.07) is 30.7. The normalized spacial score (nSPS) is 23.4. The highest BCUT2D eigenvalue weighted by Crippen LogP contribution is 2.32. The Kier molecular flexibility index (Phi) is 11.8. The Morgan fingerprint density at radius 1 is 0.579 bits per heavy atom. The second-order valence-corrected chi connectivity index (χ2v) is 10.1. The molecule has 1 fully saturated rings. The van der Waals surface area contributed by atoms with E-state index in [-0.39, 0.29) is 37.1 Å². The minimum absolute atomic E-state index is 0.0970. The second kappa shape index (κ2) is 15.8. The number of unbranched alkanes of at least 4 members (excludes halogenated alkanes) is 3. The van der Waals surface area contributed by atoms with Gasteiger partial charge in [-0.05, 0) is 36.5 Å². The zero-order chi connectivity index (χ0) is 26.4. The van der Waals surface area contributed by atoms with Gasteiger partial charge in [0, 0.05) is 6.61 Å². The van der Waals surface area contributed by atoms with Crippen molar-refractivity contribution in [3.63, 3.8) is 0 Å². The van der Waals surface area contributed by atoms with Crippen LogP contribution in [0.2, 0.25) is 0 Å². The molecule has 1 aliphatic heterocycles. The summed E-state index contributed by atoms with van der Waals surface area (Å²) in [6.07, 6.45) is 3.75. The third-order valence-corrected chi connectivity index (χ3v) is 7.12. The van der Waals surface area contributed by atoms with Crippen LogP contribution in [0.4, 0.5) is 0 Å². The number of ether oxygens (including phenoxy) is 4. The molecule has 0 aliphatic carbocycles. The fourth-order valence-electron chi connectivity index (χ4n) is 5.06. The summed E-state index contributed by atoms with van der Waals surface area (Å²) in [5.74, 6) is 0. The van der Waals surface area contributed by atoms with Crippen molar-refractivity contribution in [3.05, 3.63) is 108 Å². The van der Waals surface area contributed by atoms with Gasteiger partial charge >= 0.3 is 0 Å². The van der Waals surface area contributed by atoms with E-state index < -0.39 is 0 Å². The quantitative estimate of drug-likeness (QED) is 0.234. The molecular weight excluding hydrogens is 476 g/mol. The van der Waals surface area contributed by atoms with Crippen LogP contribution < -0.4 is 0 Å². The van der Waals surface area contributed by atoms with Crippen molar-refractivity contribution in [2.45, 2.75) is 89.4 Å². The van der Waals surface area contributed by atoms with Crippen molar-refractivity contribution >= 4 is 0 Å². The third-order valence-electron chi connectivity index (χ3n) is 7.12. The Labute approximate surface area is 227 Å². The summed E-state index contributed by atoms with van der Waals surface area (Å²) >= 11 is 0. The van der Waals surface area contributed by atoms with Gasteiger partial charge in [-0.1, -0.05) is 110 Å². The standard InChI is InChI=1S/C33H42O5/c1-26-31(35-23-27-15-7-4-8-16-27)33(37-25-29-19-11-6-12-20-29)32(36-24-28-17-9-5-10-18-28)30(38-26)21-13-2-3-14-22-34/h4-12,15-20,26,30-34H,2-3,13-14,21-25H2,1H3/t26-,30-,31+,32+,33+/m0/s1. The largest absolute Gasteiger partial charge is 0.396 e. The van der Waals surface area contributed by atoms with Crippen LogP contribution in [-0.2, 0) is 38.8 Å². The molecular formula is C33H42O5. The summed E-state index contributed by atoms with van der Waals surface area (Å²) in [5, 5.41) is 9.14. The first kappa shape index (κ1) is 28.5. The van der Waals surface area contributed by atoms with Crippen LogP contribution in [0.25, 0.3) is 0 Å². The molecule has 4 rings (SSSR count). The minimum Gasteiger partial charge on any atom is -0.396 e. The molecule has 3 aromatic carbocycles. The van der Waals surface area contributed by atoms with Crippen molar-refractivity contribution in [2.75, 3.05) is 6.61 Å². The Bertz CT molecular complexity index is 1010. The number of aliphatic hydroxyl groups is 1.